The summed E-state index contributed by atoms with van der Waals surface area (Å²) in [4.78, 5) is 15.5. The van der Waals surface area contributed by atoms with Gasteiger partial charge in [-0.3, -0.25) is 9.78 Å². The van der Waals surface area contributed by atoms with E-state index in [0.29, 0.717) is 17.1 Å². The Labute approximate surface area is 116 Å². The molecule has 2 rings (SSSR count). The Morgan fingerprint density at radius 1 is 1.35 bits per heavy atom. The van der Waals surface area contributed by atoms with E-state index < -0.39 is 0 Å². The van der Waals surface area contributed by atoms with Gasteiger partial charge in [0.15, 0.2) is 0 Å². The van der Waals surface area contributed by atoms with Crippen LogP contribution in [0.1, 0.15) is 21.6 Å². The molecule has 1 amide bonds. The molecule has 0 fully saturated rings. The number of pyridine rings is 1. The van der Waals surface area contributed by atoms with E-state index in [4.69, 9.17) is 10.00 Å². The summed E-state index contributed by atoms with van der Waals surface area (Å²) in [6, 6.07) is 10.5. The Kier molecular flexibility index (Phi) is 3.96. The summed E-state index contributed by atoms with van der Waals surface area (Å²) in [5, 5.41) is 11.3. The van der Waals surface area contributed by atoms with Crippen LogP contribution in [0.5, 0.6) is 11.5 Å². The van der Waals surface area contributed by atoms with Crippen LogP contribution in [0.4, 0.5) is 0 Å². The minimum Gasteiger partial charge on any atom is -0.457 e. The van der Waals surface area contributed by atoms with Crippen molar-refractivity contribution in [2.75, 3.05) is 7.05 Å². The van der Waals surface area contributed by atoms with Crippen molar-refractivity contribution in [3.05, 3.63) is 53.3 Å². The molecule has 20 heavy (non-hydrogen) atoms. The Hall–Kier alpha value is -2.87. The summed E-state index contributed by atoms with van der Waals surface area (Å²) < 4.78 is 5.71. The van der Waals surface area contributed by atoms with Crippen LogP contribution < -0.4 is 10.1 Å². The molecule has 0 radical (unpaired) electrons. The predicted molar refractivity (Wildman–Crippen MR) is 73.6 cm³/mol. The maximum atomic E-state index is 11.5. The van der Waals surface area contributed by atoms with Crippen LogP contribution in [-0.4, -0.2) is 17.9 Å². The Morgan fingerprint density at radius 3 is 2.80 bits per heavy atom. The number of hydrogen-bond acceptors (Lipinski definition) is 4. The Bertz CT molecular complexity index is 690. The first-order valence-corrected chi connectivity index (χ1v) is 6.01. The highest BCUT2D eigenvalue weighted by Gasteiger charge is 2.08. The number of rotatable bonds is 3. The van der Waals surface area contributed by atoms with Gasteiger partial charge in [0, 0.05) is 19.3 Å². The summed E-state index contributed by atoms with van der Waals surface area (Å²) in [6.45, 7) is 1.86. The number of ether oxygens (including phenoxy) is 1. The molecule has 0 bridgehead atoms. The molecule has 0 spiro atoms. The second-order valence-electron chi connectivity index (χ2n) is 4.15. The lowest BCUT2D eigenvalue weighted by molar-refractivity contribution is 0.0958. The van der Waals surface area contributed by atoms with E-state index in [1.807, 2.05) is 6.92 Å². The van der Waals surface area contributed by atoms with Crippen LogP contribution in [-0.2, 0) is 0 Å². The van der Waals surface area contributed by atoms with Gasteiger partial charge in [-0.1, -0.05) is 0 Å². The molecule has 1 N–H and O–H groups in total. The molecule has 0 atom stereocenters. The van der Waals surface area contributed by atoms with Crippen molar-refractivity contribution in [1.82, 2.24) is 10.3 Å². The third-order valence-corrected chi connectivity index (χ3v) is 2.72. The van der Waals surface area contributed by atoms with Crippen LogP contribution in [0, 0.1) is 18.3 Å². The average Bonchev–Trinajstić information content (AvgIpc) is 2.48. The van der Waals surface area contributed by atoms with Gasteiger partial charge < -0.3 is 10.1 Å². The van der Waals surface area contributed by atoms with Crippen molar-refractivity contribution in [1.29, 1.82) is 5.26 Å². The number of aromatic nitrogens is 1. The van der Waals surface area contributed by atoms with E-state index in [-0.39, 0.29) is 11.6 Å². The quantitative estimate of drug-likeness (QED) is 0.926. The van der Waals surface area contributed by atoms with Crippen molar-refractivity contribution < 1.29 is 9.53 Å². The second kappa shape index (κ2) is 5.85. The molecule has 0 saturated heterocycles. The Morgan fingerprint density at radius 2 is 2.15 bits per heavy atom. The van der Waals surface area contributed by atoms with Crippen LogP contribution in [0.3, 0.4) is 0 Å². The molecule has 0 aliphatic rings. The molecule has 0 saturated carbocycles. The van der Waals surface area contributed by atoms with Gasteiger partial charge >= 0.3 is 0 Å². The molecule has 1 aromatic heterocycles. The van der Waals surface area contributed by atoms with Crippen LogP contribution in [0.15, 0.2) is 36.5 Å². The van der Waals surface area contributed by atoms with E-state index in [9.17, 15) is 4.79 Å². The van der Waals surface area contributed by atoms with Crippen LogP contribution in [0.25, 0.3) is 0 Å². The van der Waals surface area contributed by atoms with E-state index in [1.165, 1.54) is 6.20 Å². The van der Waals surface area contributed by atoms with Gasteiger partial charge in [0.05, 0.1) is 11.6 Å². The monoisotopic (exact) mass is 267 g/mol. The highest BCUT2D eigenvalue weighted by molar-refractivity contribution is 5.92. The van der Waals surface area contributed by atoms with Crippen molar-refractivity contribution >= 4 is 5.91 Å². The third kappa shape index (κ3) is 2.93. The summed E-state index contributed by atoms with van der Waals surface area (Å²) >= 11 is 0. The minimum atomic E-state index is -0.271. The lowest BCUT2D eigenvalue weighted by Crippen LogP contribution is -2.18. The minimum absolute atomic E-state index is 0.271. The zero-order chi connectivity index (χ0) is 14.5. The molecule has 2 aromatic rings. The fraction of sp³-hybridized carbons (Fsp3) is 0.133. The zero-order valence-electron chi connectivity index (χ0n) is 11.2. The predicted octanol–water partition coefficient (Wildman–Crippen LogP) is 2.41. The van der Waals surface area contributed by atoms with Crippen molar-refractivity contribution in [2.45, 2.75) is 6.92 Å². The van der Waals surface area contributed by atoms with Crippen molar-refractivity contribution in [2.24, 2.45) is 0 Å². The molecular formula is C15H13N3O2. The normalized spacial score (nSPS) is 9.65. The maximum Gasteiger partial charge on any atom is 0.269 e. The number of benzene rings is 1. The molecule has 0 aliphatic heterocycles. The molecule has 0 aliphatic carbocycles. The lowest BCUT2D eigenvalue weighted by Gasteiger charge is -2.09. The van der Waals surface area contributed by atoms with Gasteiger partial charge in [-0.2, -0.15) is 5.26 Å². The topological polar surface area (TPSA) is 75.0 Å². The van der Waals surface area contributed by atoms with Gasteiger partial charge in [-0.15, -0.1) is 0 Å². The molecule has 1 heterocycles. The largest absolute Gasteiger partial charge is 0.457 e. The average molecular weight is 267 g/mol. The number of amides is 1. The molecule has 5 nitrogen and oxygen atoms in total. The number of hydrogen-bond donors (Lipinski definition) is 1. The fourth-order valence-corrected chi connectivity index (χ4v) is 1.69. The first-order valence-electron chi connectivity index (χ1n) is 6.01. The van der Waals surface area contributed by atoms with Crippen LogP contribution >= 0.6 is 0 Å². The van der Waals surface area contributed by atoms with Crippen LogP contribution in [0.2, 0.25) is 0 Å². The van der Waals surface area contributed by atoms with Gasteiger partial charge in [0.1, 0.15) is 17.2 Å². The zero-order valence-corrected chi connectivity index (χ0v) is 11.2. The standard InChI is InChI=1S/C15H13N3O2/c1-10-7-11(9-16)3-4-14(10)20-12-5-6-18-13(8-12)15(19)17-2/h3-8H,1-2H3,(H,17,19). The number of nitrogens with one attached hydrogen (secondary N) is 1. The van der Waals surface area contributed by atoms with E-state index in [1.54, 1.807) is 37.4 Å². The number of nitrogens with zero attached hydrogens (tertiary/aromatic N) is 2. The number of carbonyl (C=O) groups is 1. The number of carbonyl (C=O) groups excluding carboxylic acids is 1. The van der Waals surface area contributed by atoms with Gasteiger partial charge in [-0.25, -0.2) is 0 Å². The summed E-state index contributed by atoms with van der Waals surface area (Å²) in [5.74, 6) is 0.886. The number of aryl methyl sites for hydroxylation is 1. The highest BCUT2D eigenvalue weighted by Crippen LogP contribution is 2.25. The number of nitriles is 1. The van der Waals surface area contributed by atoms with E-state index in [2.05, 4.69) is 16.4 Å². The lowest BCUT2D eigenvalue weighted by atomic mass is 10.1. The first kappa shape index (κ1) is 13.6. The molecule has 1 aromatic carbocycles. The van der Waals surface area contributed by atoms with E-state index in [0.717, 1.165) is 5.56 Å². The molecule has 5 heteroatoms. The third-order valence-electron chi connectivity index (χ3n) is 2.72. The summed E-state index contributed by atoms with van der Waals surface area (Å²) in [7, 11) is 1.54. The molecular weight excluding hydrogens is 254 g/mol. The van der Waals surface area contributed by atoms with Crippen molar-refractivity contribution in [3.63, 3.8) is 0 Å². The SMILES string of the molecule is CNC(=O)c1cc(Oc2ccc(C#N)cc2C)ccn1. The second-order valence-corrected chi connectivity index (χ2v) is 4.15. The molecule has 0 unspecified atom stereocenters. The fourth-order valence-electron chi connectivity index (χ4n) is 1.69. The van der Waals surface area contributed by atoms with Gasteiger partial charge in [-0.05, 0) is 36.8 Å². The van der Waals surface area contributed by atoms with Gasteiger partial charge in [0.25, 0.3) is 5.91 Å². The van der Waals surface area contributed by atoms with Gasteiger partial charge in [0.2, 0.25) is 0 Å². The highest BCUT2D eigenvalue weighted by atomic mass is 16.5. The summed E-state index contributed by atoms with van der Waals surface area (Å²) in [6.07, 6.45) is 1.51. The summed E-state index contributed by atoms with van der Waals surface area (Å²) in [5.41, 5.74) is 1.72. The molecule has 100 valence electrons. The van der Waals surface area contributed by atoms with E-state index >= 15 is 0 Å². The smallest absolute Gasteiger partial charge is 0.269 e. The first-order chi connectivity index (χ1) is 9.63. The van der Waals surface area contributed by atoms with Crippen molar-refractivity contribution in [3.8, 4) is 17.6 Å². The Balaban J connectivity index is 2.26. The maximum absolute atomic E-state index is 11.5.